The van der Waals surface area contributed by atoms with Crippen LogP contribution in [0.25, 0.3) is 0 Å². The van der Waals surface area contributed by atoms with Crippen molar-refractivity contribution < 1.29 is 4.79 Å². The van der Waals surface area contributed by atoms with Gasteiger partial charge < -0.3 is 0 Å². The lowest BCUT2D eigenvalue weighted by atomic mass is 10.2. The minimum atomic E-state index is 0.287. The Morgan fingerprint density at radius 3 is 2.18 bits per heavy atom. The summed E-state index contributed by atoms with van der Waals surface area (Å²) in [7, 11) is 0. The van der Waals surface area contributed by atoms with Gasteiger partial charge in [-0.2, -0.15) is 0 Å². The largest absolute Gasteiger partial charge is 0.327 e. The first-order valence-electron chi connectivity index (χ1n) is 3.97. The van der Waals surface area contributed by atoms with Crippen LogP contribution < -0.4 is 5.43 Å². The molecule has 0 bridgehead atoms. The molecule has 0 aliphatic rings. The Bertz CT molecular complexity index is 103. The minimum absolute atomic E-state index is 0.287. The molecule has 0 atom stereocenters. The highest BCUT2D eigenvalue weighted by Gasteiger charge is 2.05. The van der Waals surface area contributed by atoms with Crippen LogP contribution in [-0.2, 0) is 4.79 Å². The lowest BCUT2D eigenvalue weighted by Gasteiger charge is -2.21. The summed E-state index contributed by atoms with van der Waals surface area (Å²) in [4.78, 5) is 10.3. The molecule has 1 amide bonds. The van der Waals surface area contributed by atoms with Crippen LogP contribution in [0.4, 0.5) is 0 Å². The van der Waals surface area contributed by atoms with Crippen molar-refractivity contribution in [3.8, 4) is 0 Å². The summed E-state index contributed by atoms with van der Waals surface area (Å²) in [6.45, 7) is 8.82. The van der Waals surface area contributed by atoms with Crippen molar-refractivity contribution in [2.75, 3.05) is 6.54 Å². The van der Waals surface area contributed by atoms with Gasteiger partial charge in [0, 0.05) is 12.6 Å². The van der Waals surface area contributed by atoms with Gasteiger partial charge >= 0.3 is 6.41 Å². The van der Waals surface area contributed by atoms with Gasteiger partial charge in [0.15, 0.2) is 0 Å². The van der Waals surface area contributed by atoms with Gasteiger partial charge in [0.05, 0.1) is 0 Å². The molecule has 0 unspecified atom stereocenters. The average Bonchev–Trinajstić information content (AvgIpc) is 1.84. The second-order valence-electron chi connectivity index (χ2n) is 3.38. The Kier molecular flexibility index (Phi) is 4.86. The SMILES string of the molecule is CC(C)CN([C]=O)NC(C)C. The zero-order valence-corrected chi connectivity index (χ0v) is 7.72. The summed E-state index contributed by atoms with van der Waals surface area (Å²) < 4.78 is 0. The van der Waals surface area contributed by atoms with Crippen LogP contribution in [0.2, 0.25) is 0 Å². The molecule has 0 rings (SSSR count). The molecular formula is C8H17N2O. The fraction of sp³-hybridized carbons (Fsp3) is 0.875. The molecule has 0 aliphatic heterocycles. The molecule has 0 fully saturated rings. The maximum Gasteiger partial charge on any atom is 0.327 e. The number of nitrogens with zero attached hydrogens (tertiary/aromatic N) is 1. The van der Waals surface area contributed by atoms with Crippen LogP contribution in [-0.4, -0.2) is 24.0 Å². The number of rotatable bonds is 5. The third-order valence-electron chi connectivity index (χ3n) is 1.07. The highest BCUT2D eigenvalue weighted by Crippen LogP contribution is 1.93. The molecule has 65 valence electrons. The van der Waals surface area contributed by atoms with Crippen molar-refractivity contribution in [1.82, 2.24) is 10.4 Å². The van der Waals surface area contributed by atoms with Crippen LogP contribution in [0.3, 0.4) is 0 Å². The van der Waals surface area contributed by atoms with Crippen LogP contribution in [0.5, 0.6) is 0 Å². The first-order chi connectivity index (χ1) is 5.06. The van der Waals surface area contributed by atoms with Crippen molar-refractivity contribution in [3.05, 3.63) is 0 Å². The van der Waals surface area contributed by atoms with E-state index < -0.39 is 0 Å². The maximum atomic E-state index is 10.3. The first kappa shape index (κ1) is 10.4. The highest BCUT2D eigenvalue weighted by atomic mass is 16.1. The molecule has 0 aromatic rings. The molecule has 0 aliphatic carbocycles. The Morgan fingerprint density at radius 2 is 1.91 bits per heavy atom. The Morgan fingerprint density at radius 1 is 1.36 bits per heavy atom. The van der Waals surface area contributed by atoms with Crippen molar-refractivity contribution in [2.24, 2.45) is 5.92 Å². The van der Waals surface area contributed by atoms with Crippen LogP contribution in [0, 0.1) is 5.92 Å². The van der Waals surface area contributed by atoms with E-state index in [1.54, 1.807) is 0 Å². The fourth-order valence-electron chi connectivity index (χ4n) is 0.793. The second kappa shape index (κ2) is 5.13. The quantitative estimate of drug-likeness (QED) is 0.475. The molecule has 0 heterocycles. The van der Waals surface area contributed by atoms with Crippen molar-refractivity contribution in [2.45, 2.75) is 33.7 Å². The smallest absolute Gasteiger partial charge is 0.269 e. The van der Waals surface area contributed by atoms with E-state index in [4.69, 9.17) is 0 Å². The molecule has 0 aromatic heterocycles. The van der Waals surface area contributed by atoms with E-state index in [1.807, 2.05) is 20.3 Å². The van der Waals surface area contributed by atoms with Gasteiger partial charge in [-0.1, -0.05) is 13.8 Å². The summed E-state index contributed by atoms with van der Waals surface area (Å²) in [5.41, 5.74) is 2.97. The van der Waals surface area contributed by atoms with E-state index in [0.717, 1.165) is 0 Å². The van der Waals surface area contributed by atoms with Gasteiger partial charge in [-0.05, 0) is 19.8 Å². The number of hydrazine groups is 1. The highest BCUT2D eigenvalue weighted by molar-refractivity contribution is 5.47. The third-order valence-corrected chi connectivity index (χ3v) is 1.07. The van der Waals surface area contributed by atoms with Crippen molar-refractivity contribution in [3.63, 3.8) is 0 Å². The summed E-state index contributed by atoms with van der Waals surface area (Å²) >= 11 is 0. The van der Waals surface area contributed by atoms with E-state index in [0.29, 0.717) is 12.5 Å². The zero-order chi connectivity index (χ0) is 8.85. The molecule has 3 heteroatoms. The standard InChI is InChI=1S/C8H17N2O/c1-7(2)5-10(6-11)9-8(3)4/h7-9H,5H2,1-4H3. The van der Waals surface area contributed by atoms with Crippen LogP contribution in [0.1, 0.15) is 27.7 Å². The molecule has 1 N–H and O–H groups in total. The normalized spacial score (nSPS) is 10.7. The number of amides is 1. The third kappa shape index (κ3) is 5.85. The van der Waals surface area contributed by atoms with E-state index in [9.17, 15) is 4.79 Å². The Labute approximate surface area is 68.7 Å². The van der Waals surface area contributed by atoms with Gasteiger partial charge in [0.1, 0.15) is 0 Å². The number of hydrogen-bond acceptors (Lipinski definition) is 2. The zero-order valence-electron chi connectivity index (χ0n) is 7.72. The summed E-state index contributed by atoms with van der Waals surface area (Å²) in [5.74, 6) is 0.475. The Hall–Kier alpha value is -0.570. The molecule has 1 radical (unpaired) electrons. The second-order valence-corrected chi connectivity index (χ2v) is 3.38. The number of carbonyl (C=O) groups excluding carboxylic acids is 1. The van der Waals surface area contributed by atoms with Crippen molar-refractivity contribution >= 4 is 6.41 Å². The number of nitrogens with one attached hydrogen (secondary N) is 1. The predicted octanol–water partition coefficient (Wildman–Crippen LogP) is 0.925. The summed E-state index contributed by atoms with van der Waals surface area (Å²) in [6.07, 6.45) is 1.84. The fourth-order valence-corrected chi connectivity index (χ4v) is 0.793. The Balaban J connectivity index is 3.67. The van der Waals surface area contributed by atoms with Gasteiger partial charge in [-0.3, -0.25) is 9.80 Å². The molecule has 11 heavy (non-hydrogen) atoms. The van der Waals surface area contributed by atoms with Gasteiger partial charge in [0.25, 0.3) is 0 Å². The van der Waals surface area contributed by atoms with Gasteiger partial charge in [0.2, 0.25) is 0 Å². The lowest BCUT2D eigenvalue weighted by molar-refractivity contribution is 0.237. The van der Waals surface area contributed by atoms with Crippen LogP contribution in [0.15, 0.2) is 0 Å². The monoisotopic (exact) mass is 157 g/mol. The minimum Gasteiger partial charge on any atom is -0.269 e. The topological polar surface area (TPSA) is 32.3 Å². The van der Waals surface area contributed by atoms with E-state index >= 15 is 0 Å². The molecule has 0 saturated heterocycles. The molecule has 3 nitrogen and oxygen atoms in total. The molecular weight excluding hydrogens is 140 g/mol. The molecule has 0 aromatic carbocycles. The predicted molar refractivity (Wildman–Crippen MR) is 45.5 cm³/mol. The van der Waals surface area contributed by atoms with Gasteiger partial charge in [-0.25, -0.2) is 5.43 Å². The van der Waals surface area contributed by atoms with E-state index in [1.165, 1.54) is 5.01 Å². The lowest BCUT2D eigenvalue weighted by Crippen LogP contribution is -2.43. The summed E-state index contributed by atoms with van der Waals surface area (Å²) in [6, 6.07) is 0.287. The number of hydrogen-bond donors (Lipinski definition) is 1. The van der Waals surface area contributed by atoms with Crippen LogP contribution >= 0.6 is 0 Å². The molecule has 0 saturated carbocycles. The first-order valence-corrected chi connectivity index (χ1v) is 3.97. The average molecular weight is 157 g/mol. The van der Waals surface area contributed by atoms with E-state index in [2.05, 4.69) is 19.3 Å². The van der Waals surface area contributed by atoms with Crippen molar-refractivity contribution in [1.29, 1.82) is 0 Å². The molecule has 0 spiro atoms. The summed E-state index contributed by atoms with van der Waals surface area (Å²) in [5, 5.41) is 1.47. The van der Waals surface area contributed by atoms with E-state index in [-0.39, 0.29) is 6.04 Å². The van der Waals surface area contributed by atoms with Gasteiger partial charge in [-0.15, -0.1) is 0 Å². The maximum absolute atomic E-state index is 10.3.